The van der Waals surface area contributed by atoms with Crippen molar-refractivity contribution in [1.82, 2.24) is 0 Å². The van der Waals surface area contributed by atoms with E-state index in [2.05, 4.69) is 13.0 Å². The summed E-state index contributed by atoms with van der Waals surface area (Å²) in [5.74, 6) is 0.530. The van der Waals surface area contributed by atoms with Gasteiger partial charge in [0.15, 0.2) is 0 Å². The standard InChI is InChI=1S/C27H38O6/c1-20-15-17-31-23(18-20)13-14-24(28)25(8-6-7-16-32-26(29)27(2,3)4)33-19-21-9-11-22(30-5)12-10-21/h6-7,9-15,23-25,28H,8,16-19H2,1-5H3. The smallest absolute Gasteiger partial charge is 0.311 e. The maximum Gasteiger partial charge on any atom is 0.311 e. The van der Waals surface area contributed by atoms with Crippen LogP contribution in [-0.2, 0) is 25.6 Å². The molecule has 2 rings (SSSR count). The molecule has 1 aromatic rings. The lowest BCUT2D eigenvalue weighted by molar-refractivity contribution is -0.151. The average Bonchev–Trinajstić information content (AvgIpc) is 2.78. The van der Waals surface area contributed by atoms with E-state index < -0.39 is 17.6 Å². The molecule has 6 heteroatoms. The van der Waals surface area contributed by atoms with Crippen molar-refractivity contribution in [3.8, 4) is 5.75 Å². The van der Waals surface area contributed by atoms with Gasteiger partial charge < -0.3 is 24.1 Å². The quantitative estimate of drug-likeness (QED) is 0.380. The number of ether oxygens (including phenoxy) is 4. The largest absolute Gasteiger partial charge is 0.497 e. The third kappa shape index (κ3) is 9.95. The Bertz CT molecular complexity index is 816. The number of aliphatic hydroxyl groups excluding tert-OH is 1. The monoisotopic (exact) mass is 458 g/mol. The van der Waals surface area contributed by atoms with Crippen LogP contribution in [0.3, 0.4) is 0 Å². The number of hydrogen-bond acceptors (Lipinski definition) is 6. The van der Waals surface area contributed by atoms with Gasteiger partial charge in [-0.1, -0.05) is 48.1 Å². The summed E-state index contributed by atoms with van der Waals surface area (Å²) in [6.45, 7) is 8.67. The first-order valence-electron chi connectivity index (χ1n) is 11.4. The first-order valence-corrected chi connectivity index (χ1v) is 11.4. The molecule has 1 N–H and O–H groups in total. The van der Waals surface area contributed by atoms with Gasteiger partial charge in [-0.15, -0.1) is 0 Å². The number of hydrogen-bond donors (Lipinski definition) is 1. The van der Waals surface area contributed by atoms with Crippen LogP contribution in [0.5, 0.6) is 5.75 Å². The molecule has 0 bridgehead atoms. The van der Waals surface area contributed by atoms with Crippen molar-refractivity contribution in [3.63, 3.8) is 0 Å². The molecule has 33 heavy (non-hydrogen) atoms. The maximum absolute atomic E-state index is 11.9. The normalized spacial score (nSPS) is 18.8. The van der Waals surface area contributed by atoms with Gasteiger partial charge in [0.2, 0.25) is 0 Å². The topological polar surface area (TPSA) is 74.2 Å². The summed E-state index contributed by atoms with van der Waals surface area (Å²) in [5.41, 5.74) is 1.73. The SMILES string of the molecule is COc1ccc(COC(CC=CCOC(=O)C(C)(C)C)C(O)C=CC2CC(C)=CCO2)cc1. The Hall–Kier alpha value is -2.41. The van der Waals surface area contributed by atoms with Crippen LogP contribution in [0.4, 0.5) is 0 Å². The van der Waals surface area contributed by atoms with Crippen molar-refractivity contribution in [2.24, 2.45) is 5.41 Å². The molecule has 0 saturated heterocycles. The van der Waals surface area contributed by atoms with Crippen molar-refractivity contribution in [2.75, 3.05) is 20.3 Å². The van der Waals surface area contributed by atoms with Gasteiger partial charge in [0.05, 0.1) is 44.1 Å². The third-order valence-corrected chi connectivity index (χ3v) is 5.25. The van der Waals surface area contributed by atoms with Crippen LogP contribution in [0.25, 0.3) is 0 Å². The van der Waals surface area contributed by atoms with Gasteiger partial charge in [-0.05, 0) is 58.2 Å². The van der Waals surface area contributed by atoms with E-state index in [0.29, 0.717) is 19.6 Å². The molecule has 1 aromatic carbocycles. The summed E-state index contributed by atoms with van der Waals surface area (Å²) in [6, 6.07) is 7.63. The van der Waals surface area contributed by atoms with Gasteiger partial charge in [-0.25, -0.2) is 0 Å². The number of rotatable bonds is 11. The zero-order chi connectivity index (χ0) is 24.3. The van der Waals surface area contributed by atoms with Crippen LogP contribution in [0.1, 0.15) is 46.1 Å². The molecule has 0 aromatic heterocycles. The molecule has 3 unspecified atom stereocenters. The number of methoxy groups -OCH3 is 1. The van der Waals surface area contributed by atoms with Gasteiger partial charge in [-0.3, -0.25) is 4.79 Å². The zero-order valence-corrected chi connectivity index (χ0v) is 20.5. The molecule has 0 radical (unpaired) electrons. The number of esters is 1. The van der Waals surface area contributed by atoms with Crippen LogP contribution >= 0.6 is 0 Å². The summed E-state index contributed by atoms with van der Waals surface area (Å²) < 4.78 is 22.2. The predicted octanol–water partition coefficient (Wildman–Crippen LogP) is 4.77. The highest BCUT2D eigenvalue weighted by atomic mass is 16.5. The Morgan fingerprint density at radius 3 is 2.61 bits per heavy atom. The second kappa shape index (κ2) is 13.3. The lowest BCUT2D eigenvalue weighted by Crippen LogP contribution is -2.27. The van der Waals surface area contributed by atoms with E-state index in [0.717, 1.165) is 17.7 Å². The fraction of sp³-hybridized carbons (Fsp3) is 0.519. The van der Waals surface area contributed by atoms with Crippen LogP contribution in [0, 0.1) is 5.41 Å². The van der Waals surface area contributed by atoms with E-state index in [1.165, 1.54) is 5.57 Å². The van der Waals surface area contributed by atoms with Crippen molar-refractivity contribution in [1.29, 1.82) is 0 Å². The molecule has 182 valence electrons. The average molecular weight is 459 g/mol. The highest BCUT2D eigenvalue weighted by molar-refractivity contribution is 5.75. The van der Waals surface area contributed by atoms with Crippen molar-refractivity contribution in [3.05, 3.63) is 65.8 Å². The van der Waals surface area contributed by atoms with Gasteiger partial charge >= 0.3 is 5.97 Å². The number of aliphatic hydroxyl groups is 1. The van der Waals surface area contributed by atoms with E-state index in [-0.39, 0.29) is 18.7 Å². The van der Waals surface area contributed by atoms with Gasteiger partial charge in [0.1, 0.15) is 12.4 Å². The van der Waals surface area contributed by atoms with Gasteiger partial charge in [-0.2, -0.15) is 0 Å². The van der Waals surface area contributed by atoms with E-state index in [1.54, 1.807) is 19.3 Å². The second-order valence-corrected chi connectivity index (χ2v) is 9.25. The summed E-state index contributed by atoms with van der Waals surface area (Å²) in [4.78, 5) is 11.9. The van der Waals surface area contributed by atoms with Crippen LogP contribution in [0.2, 0.25) is 0 Å². The molecule has 1 aliphatic rings. The van der Waals surface area contributed by atoms with Gasteiger partial charge in [0, 0.05) is 0 Å². The molecule has 0 aliphatic carbocycles. The molecule has 0 saturated carbocycles. The zero-order valence-electron chi connectivity index (χ0n) is 20.5. The Balaban J connectivity index is 1.95. The molecule has 1 aliphatic heterocycles. The minimum atomic E-state index is -0.806. The second-order valence-electron chi connectivity index (χ2n) is 9.25. The Labute approximate surface area is 197 Å². The van der Waals surface area contributed by atoms with Crippen LogP contribution < -0.4 is 4.74 Å². The number of carbonyl (C=O) groups excluding carboxylic acids is 1. The Morgan fingerprint density at radius 2 is 1.97 bits per heavy atom. The van der Waals surface area contributed by atoms with Crippen molar-refractivity contribution >= 4 is 5.97 Å². The third-order valence-electron chi connectivity index (χ3n) is 5.25. The first-order chi connectivity index (χ1) is 15.7. The minimum absolute atomic E-state index is 0.0424. The first kappa shape index (κ1) is 26.8. The predicted molar refractivity (Wildman–Crippen MR) is 129 cm³/mol. The van der Waals surface area contributed by atoms with Crippen molar-refractivity contribution < 1.29 is 28.8 Å². The van der Waals surface area contributed by atoms with Gasteiger partial charge in [0.25, 0.3) is 0 Å². The fourth-order valence-corrected chi connectivity index (χ4v) is 3.13. The molecule has 6 nitrogen and oxygen atoms in total. The Kier molecular flexibility index (Phi) is 10.8. The highest BCUT2D eigenvalue weighted by Crippen LogP contribution is 2.18. The molecule has 0 spiro atoms. The Morgan fingerprint density at radius 1 is 1.24 bits per heavy atom. The molecular weight excluding hydrogens is 420 g/mol. The van der Waals surface area contributed by atoms with Crippen molar-refractivity contribution in [2.45, 2.75) is 65.5 Å². The molecule has 0 amide bonds. The fourth-order valence-electron chi connectivity index (χ4n) is 3.13. The van der Waals surface area contributed by atoms with E-state index >= 15 is 0 Å². The highest BCUT2D eigenvalue weighted by Gasteiger charge is 2.22. The number of carbonyl (C=O) groups is 1. The lowest BCUT2D eigenvalue weighted by atomic mass is 9.97. The molecule has 3 atom stereocenters. The van der Waals surface area contributed by atoms with E-state index in [4.69, 9.17) is 18.9 Å². The summed E-state index contributed by atoms with van der Waals surface area (Å²) in [7, 11) is 1.63. The minimum Gasteiger partial charge on any atom is -0.497 e. The van der Waals surface area contributed by atoms with E-state index in [1.807, 2.05) is 57.2 Å². The van der Waals surface area contributed by atoms with E-state index in [9.17, 15) is 9.90 Å². The summed E-state index contributed by atoms with van der Waals surface area (Å²) in [6.07, 6.45) is 9.35. The molecular formula is C27H38O6. The maximum atomic E-state index is 11.9. The molecule has 1 heterocycles. The van der Waals surface area contributed by atoms with Crippen LogP contribution in [-0.4, -0.2) is 49.7 Å². The molecule has 0 fully saturated rings. The lowest BCUT2D eigenvalue weighted by Gasteiger charge is -2.22. The summed E-state index contributed by atoms with van der Waals surface area (Å²) >= 11 is 0. The number of benzene rings is 1. The summed E-state index contributed by atoms with van der Waals surface area (Å²) in [5, 5.41) is 10.8. The van der Waals surface area contributed by atoms with Crippen LogP contribution in [0.15, 0.2) is 60.2 Å².